The van der Waals surface area contributed by atoms with Gasteiger partial charge in [0, 0.05) is 28.2 Å². The lowest BCUT2D eigenvalue weighted by Crippen LogP contribution is -2.53. The summed E-state index contributed by atoms with van der Waals surface area (Å²) in [4.78, 5) is 29.0. The van der Waals surface area contributed by atoms with Gasteiger partial charge < -0.3 is 19.7 Å². The predicted octanol–water partition coefficient (Wildman–Crippen LogP) is 5.93. The number of benzene rings is 3. The molecule has 2 atom stereocenters. The Bertz CT molecular complexity index is 1500. The van der Waals surface area contributed by atoms with Gasteiger partial charge in [0.2, 0.25) is 11.8 Å². The summed E-state index contributed by atoms with van der Waals surface area (Å²) in [7, 11) is -1.42. The molecule has 0 saturated carbocycles. The lowest BCUT2D eigenvalue weighted by atomic mass is 10.1. The Morgan fingerprint density at radius 1 is 0.884 bits per heavy atom. The van der Waals surface area contributed by atoms with Gasteiger partial charge in [0.25, 0.3) is 10.0 Å². The fourth-order valence-corrected chi connectivity index (χ4v) is 6.38. The van der Waals surface area contributed by atoms with Crippen molar-refractivity contribution in [2.24, 2.45) is 0 Å². The van der Waals surface area contributed by atoms with E-state index >= 15 is 0 Å². The van der Waals surface area contributed by atoms with Gasteiger partial charge in [-0.25, -0.2) is 8.42 Å². The van der Waals surface area contributed by atoms with Gasteiger partial charge in [-0.1, -0.05) is 55.2 Å². The van der Waals surface area contributed by atoms with Gasteiger partial charge in [-0.2, -0.15) is 0 Å². The summed E-state index contributed by atoms with van der Waals surface area (Å²) in [6.07, 6.45) is 0.949. The summed E-state index contributed by atoms with van der Waals surface area (Å²) >= 11 is 13.0. The minimum Gasteiger partial charge on any atom is -0.497 e. The molecule has 0 aromatic heterocycles. The van der Waals surface area contributed by atoms with Crippen LogP contribution in [0.4, 0.5) is 5.69 Å². The van der Waals surface area contributed by atoms with Gasteiger partial charge in [-0.3, -0.25) is 13.9 Å². The standard InChI is InChI=1S/C31H37Cl2N3O6S/c1-6-21(3)34-31(38)27(7-2)35(19-24-25(32)11-10-12-26(24)33)30(37)20-36(28-13-8-9-14-29(28)42-5)43(39,40)23-17-15-22(41-4)16-18-23/h8-18,21,27H,6-7,19-20H2,1-5H3,(H,34,38)/t21-,27+/m1/s1. The average Bonchev–Trinajstić information content (AvgIpc) is 3.00. The highest BCUT2D eigenvalue weighted by Crippen LogP contribution is 2.33. The third-order valence-electron chi connectivity index (χ3n) is 7.06. The van der Waals surface area contributed by atoms with E-state index in [0.717, 1.165) is 4.31 Å². The topological polar surface area (TPSA) is 105 Å². The second-order valence-electron chi connectivity index (χ2n) is 9.82. The van der Waals surface area contributed by atoms with E-state index in [1.807, 2.05) is 13.8 Å². The van der Waals surface area contributed by atoms with Crippen molar-refractivity contribution in [1.29, 1.82) is 0 Å². The van der Waals surface area contributed by atoms with Crippen LogP contribution in [0, 0.1) is 0 Å². The zero-order chi connectivity index (χ0) is 31.7. The van der Waals surface area contributed by atoms with Gasteiger partial charge >= 0.3 is 0 Å². The van der Waals surface area contributed by atoms with Crippen LogP contribution in [-0.4, -0.2) is 58.0 Å². The maximum atomic E-state index is 14.3. The molecule has 43 heavy (non-hydrogen) atoms. The number of carbonyl (C=O) groups excluding carboxylic acids is 2. The van der Waals surface area contributed by atoms with Gasteiger partial charge in [0.1, 0.15) is 24.1 Å². The molecule has 9 nitrogen and oxygen atoms in total. The molecular formula is C31H37Cl2N3O6S. The zero-order valence-electron chi connectivity index (χ0n) is 24.8. The maximum Gasteiger partial charge on any atom is 0.264 e. The third-order valence-corrected chi connectivity index (χ3v) is 9.54. The summed E-state index contributed by atoms with van der Waals surface area (Å²) in [6, 6.07) is 16.2. The van der Waals surface area contributed by atoms with Crippen molar-refractivity contribution in [1.82, 2.24) is 10.2 Å². The largest absolute Gasteiger partial charge is 0.497 e. The summed E-state index contributed by atoms with van der Waals surface area (Å²) in [5.41, 5.74) is 0.595. The van der Waals surface area contributed by atoms with Crippen LogP contribution in [-0.2, 0) is 26.2 Å². The van der Waals surface area contributed by atoms with E-state index in [1.165, 1.54) is 43.4 Å². The first-order valence-electron chi connectivity index (χ1n) is 13.8. The second-order valence-corrected chi connectivity index (χ2v) is 12.5. The van der Waals surface area contributed by atoms with E-state index in [1.54, 1.807) is 49.4 Å². The minimum atomic E-state index is -4.31. The summed E-state index contributed by atoms with van der Waals surface area (Å²) in [5, 5.41) is 3.57. The molecule has 0 spiro atoms. The number of anilines is 1. The van der Waals surface area contributed by atoms with Crippen LogP contribution >= 0.6 is 23.2 Å². The van der Waals surface area contributed by atoms with E-state index in [9.17, 15) is 18.0 Å². The number of sulfonamides is 1. The van der Waals surface area contributed by atoms with Crippen LogP contribution in [0.2, 0.25) is 10.0 Å². The van der Waals surface area contributed by atoms with E-state index in [4.69, 9.17) is 32.7 Å². The fourth-order valence-electron chi connectivity index (χ4n) is 4.44. The molecule has 3 aromatic rings. The molecule has 0 aliphatic carbocycles. The molecule has 3 rings (SSSR count). The number of methoxy groups -OCH3 is 2. The first-order chi connectivity index (χ1) is 20.5. The number of amides is 2. The molecule has 2 amide bonds. The Kier molecular flexibility index (Phi) is 12.1. The molecule has 1 N–H and O–H groups in total. The van der Waals surface area contributed by atoms with E-state index in [0.29, 0.717) is 27.8 Å². The zero-order valence-corrected chi connectivity index (χ0v) is 27.2. The van der Waals surface area contributed by atoms with Crippen molar-refractivity contribution >= 4 is 50.7 Å². The minimum absolute atomic E-state index is 0.0609. The second kappa shape index (κ2) is 15.3. The molecule has 0 heterocycles. The van der Waals surface area contributed by atoms with E-state index in [-0.39, 0.29) is 41.2 Å². The summed E-state index contributed by atoms with van der Waals surface area (Å²) in [6.45, 7) is 4.83. The highest BCUT2D eigenvalue weighted by molar-refractivity contribution is 7.92. The monoisotopic (exact) mass is 649 g/mol. The number of hydrogen-bond donors (Lipinski definition) is 1. The molecule has 0 unspecified atom stereocenters. The summed E-state index contributed by atoms with van der Waals surface area (Å²) < 4.78 is 39.9. The number of rotatable bonds is 14. The average molecular weight is 651 g/mol. The highest BCUT2D eigenvalue weighted by Gasteiger charge is 2.35. The maximum absolute atomic E-state index is 14.3. The number of nitrogens with zero attached hydrogens (tertiary/aromatic N) is 2. The van der Waals surface area contributed by atoms with E-state index < -0.39 is 28.5 Å². The van der Waals surface area contributed by atoms with Crippen LogP contribution in [0.3, 0.4) is 0 Å². The number of hydrogen-bond acceptors (Lipinski definition) is 6. The lowest BCUT2D eigenvalue weighted by molar-refractivity contribution is -0.140. The number of ether oxygens (including phenoxy) is 2. The molecule has 0 radical (unpaired) electrons. The molecule has 0 fully saturated rings. The predicted molar refractivity (Wildman–Crippen MR) is 170 cm³/mol. The highest BCUT2D eigenvalue weighted by atomic mass is 35.5. The number of nitrogens with one attached hydrogen (secondary N) is 1. The molecular weight excluding hydrogens is 613 g/mol. The van der Waals surface area contributed by atoms with Crippen LogP contribution in [0.5, 0.6) is 11.5 Å². The van der Waals surface area contributed by atoms with Gasteiger partial charge in [0.15, 0.2) is 0 Å². The van der Waals surface area contributed by atoms with Crippen molar-refractivity contribution in [3.8, 4) is 11.5 Å². The van der Waals surface area contributed by atoms with Gasteiger partial charge in [0.05, 0.1) is 24.8 Å². The molecule has 0 aliphatic heterocycles. The first kappa shape index (κ1) is 34.0. The molecule has 0 aliphatic rings. The molecule has 12 heteroatoms. The van der Waals surface area contributed by atoms with Crippen LogP contribution < -0.4 is 19.1 Å². The number of carbonyl (C=O) groups is 2. The van der Waals surface area contributed by atoms with Crippen molar-refractivity contribution in [3.63, 3.8) is 0 Å². The quantitative estimate of drug-likeness (QED) is 0.232. The lowest BCUT2D eigenvalue weighted by Gasteiger charge is -2.34. The normalized spacial score (nSPS) is 12.6. The Morgan fingerprint density at radius 2 is 1.51 bits per heavy atom. The first-order valence-corrected chi connectivity index (χ1v) is 16.0. The fraction of sp³-hybridized carbons (Fsp3) is 0.355. The third kappa shape index (κ3) is 8.13. The van der Waals surface area contributed by atoms with Gasteiger partial charge in [-0.05, 0) is 68.3 Å². The summed E-state index contributed by atoms with van der Waals surface area (Å²) in [5.74, 6) is -0.283. The number of halogens is 2. The van der Waals surface area contributed by atoms with Gasteiger partial charge in [-0.15, -0.1) is 0 Å². The van der Waals surface area contributed by atoms with Crippen molar-refractivity contribution in [2.45, 2.75) is 57.1 Å². The SMILES string of the molecule is CC[C@@H](C)NC(=O)[C@H](CC)N(Cc1c(Cl)cccc1Cl)C(=O)CN(c1ccccc1OC)S(=O)(=O)c1ccc(OC)cc1. The Balaban J connectivity index is 2.14. The van der Waals surface area contributed by atoms with E-state index in [2.05, 4.69) is 5.32 Å². The Labute approximate surface area is 263 Å². The van der Waals surface area contributed by atoms with Crippen LogP contribution in [0.25, 0.3) is 0 Å². The molecule has 0 saturated heterocycles. The smallest absolute Gasteiger partial charge is 0.264 e. The Morgan fingerprint density at radius 3 is 2.07 bits per heavy atom. The van der Waals surface area contributed by atoms with Crippen molar-refractivity contribution in [2.75, 3.05) is 25.1 Å². The van der Waals surface area contributed by atoms with Crippen LogP contribution in [0.1, 0.15) is 39.2 Å². The van der Waals surface area contributed by atoms with Crippen LogP contribution in [0.15, 0.2) is 71.6 Å². The number of para-hydroxylation sites is 2. The molecule has 3 aromatic carbocycles. The molecule has 232 valence electrons. The van der Waals surface area contributed by atoms with Crippen molar-refractivity contribution in [3.05, 3.63) is 82.3 Å². The Hall–Kier alpha value is -3.47. The van der Waals surface area contributed by atoms with Crippen molar-refractivity contribution < 1.29 is 27.5 Å². The molecule has 0 bridgehead atoms.